The molecule has 0 atom stereocenters. The average Bonchev–Trinajstić information content (AvgIpc) is 3.42. The summed E-state index contributed by atoms with van der Waals surface area (Å²) < 4.78 is 34.4. The lowest BCUT2D eigenvalue weighted by Gasteiger charge is -2.22. The summed E-state index contributed by atoms with van der Waals surface area (Å²) in [6.45, 7) is 5.38. The predicted octanol–water partition coefficient (Wildman–Crippen LogP) is 4.86. The molecule has 1 saturated carbocycles. The zero-order valence-corrected chi connectivity index (χ0v) is 19.4. The smallest absolute Gasteiger partial charge is 0.240 e. The van der Waals surface area contributed by atoms with Crippen molar-refractivity contribution < 1.29 is 13.2 Å². The van der Waals surface area contributed by atoms with Crippen molar-refractivity contribution in [3.63, 3.8) is 0 Å². The van der Waals surface area contributed by atoms with E-state index in [0.29, 0.717) is 11.5 Å². The summed E-state index contributed by atoms with van der Waals surface area (Å²) in [4.78, 5) is 7.32. The lowest BCUT2D eigenvalue weighted by atomic mass is 10.1. The first-order valence-corrected chi connectivity index (χ1v) is 12.9. The Balaban J connectivity index is 1.51. The molecule has 0 radical (unpaired) electrons. The van der Waals surface area contributed by atoms with Crippen molar-refractivity contribution in [2.75, 3.05) is 18.1 Å². The highest BCUT2D eigenvalue weighted by Crippen LogP contribution is 2.40. The molecule has 0 unspecified atom stereocenters. The van der Waals surface area contributed by atoms with Crippen LogP contribution in [0, 0.1) is 6.92 Å². The summed E-state index contributed by atoms with van der Waals surface area (Å²) in [6, 6.07) is 13.7. The van der Waals surface area contributed by atoms with Crippen molar-refractivity contribution in [1.29, 1.82) is 0 Å². The molecule has 0 saturated heterocycles. The number of benzene rings is 2. The fourth-order valence-corrected chi connectivity index (χ4v) is 6.28. The van der Waals surface area contributed by atoms with Gasteiger partial charge in [-0.25, -0.2) is 13.1 Å². The Bertz CT molecular complexity index is 1270. The minimum absolute atomic E-state index is 0.0652. The molecule has 0 amide bonds. The van der Waals surface area contributed by atoms with Gasteiger partial charge in [0.15, 0.2) is 0 Å². The van der Waals surface area contributed by atoms with E-state index >= 15 is 0 Å². The highest BCUT2D eigenvalue weighted by molar-refractivity contribution is 7.89. The van der Waals surface area contributed by atoms with Gasteiger partial charge in [-0.15, -0.1) is 0 Å². The quantitative estimate of drug-likeness (QED) is 0.580. The Labute approximate surface area is 189 Å². The number of ether oxygens (including phenoxy) is 1. The van der Waals surface area contributed by atoms with Gasteiger partial charge in [0, 0.05) is 29.4 Å². The number of pyridine rings is 1. The van der Waals surface area contributed by atoms with Gasteiger partial charge in [0.2, 0.25) is 10.0 Å². The number of hydrogen-bond acceptors (Lipinski definition) is 5. The van der Waals surface area contributed by atoms with Gasteiger partial charge < -0.3 is 9.64 Å². The molecule has 0 spiro atoms. The lowest BCUT2D eigenvalue weighted by molar-refractivity contribution is 0.340. The Kier molecular flexibility index (Phi) is 5.55. The zero-order valence-electron chi connectivity index (χ0n) is 18.6. The third-order valence-corrected chi connectivity index (χ3v) is 7.94. The minimum atomic E-state index is -3.50. The SMILES string of the molecule is CCOc1ccc2nc(C)cc(N3CCc4cc(S(=O)(=O)NC5CCCC5)ccc43)c2c1. The zero-order chi connectivity index (χ0) is 22.3. The van der Waals surface area contributed by atoms with Crippen LogP contribution < -0.4 is 14.4 Å². The van der Waals surface area contributed by atoms with Crippen LogP contribution >= 0.6 is 0 Å². The molecule has 1 aromatic heterocycles. The Morgan fingerprint density at radius 2 is 1.91 bits per heavy atom. The molecule has 7 heteroatoms. The number of nitrogens with zero attached hydrogens (tertiary/aromatic N) is 2. The molecular weight excluding hydrogens is 422 g/mol. The molecule has 6 nitrogen and oxygen atoms in total. The number of nitrogens with one attached hydrogen (secondary N) is 1. The molecule has 2 heterocycles. The number of anilines is 2. The number of rotatable bonds is 6. The van der Waals surface area contributed by atoms with Crippen LogP contribution in [0.2, 0.25) is 0 Å². The highest BCUT2D eigenvalue weighted by atomic mass is 32.2. The van der Waals surface area contributed by atoms with E-state index in [4.69, 9.17) is 9.72 Å². The van der Waals surface area contributed by atoms with Gasteiger partial charge in [-0.05, 0) is 81.1 Å². The summed E-state index contributed by atoms with van der Waals surface area (Å²) in [7, 11) is -3.50. The van der Waals surface area contributed by atoms with Crippen molar-refractivity contribution in [2.45, 2.75) is 56.9 Å². The van der Waals surface area contributed by atoms with E-state index in [1.807, 2.05) is 44.2 Å². The summed E-state index contributed by atoms with van der Waals surface area (Å²) in [5, 5.41) is 1.04. The van der Waals surface area contributed by atoms with Crippen molar-refractivity contribution in [3.8, 4) is 5.75 Å². The van der Waals surface area contributed by atoms with E-state index in [2.05, 4.69) is 15.7 Å². The summed E-state index contributed by atoms with van der Waals surface area (Å²) in [5.74, 6) is 0.825. The molecule has 32 heavy (non-hydrogen) atoms. The second kappa shape index (κ2) is 8.37. The largest absolute Gasteiger partial charge is 0.494 e. The molecule has 1 aliphatic heterocycles. The first-order valence-electron chi connectivity index (χ1n) is 11.4. The second-order valence-electron chi connectivity index (χ2n) is 8.69. The predicted molar refractivity (Wildman–Crippen MR) is 127 cm³/mol. The number of hydrogen-bond donors (Lipinski definition) is 1. The highest BCUT2D eigenvalue weighted by Gasteiger charge is 2.27. The van der Waals surface area contributed by atoms with E-state index in [0.717, 1.165) is 77.9 Å². The summed E-state index contributed by atoms with van der Waals surface area (Å²) in [5.41, 5.74) is 5.07. The Morgan fingerprint density at radius 3 is 2.69 bits per heavy atom. The van der Waals surface area contributed by atoms with Crippen LogP contribution in [0.25, 0.3) is 10.9 Å². The first-order chi connectivity index (χ1) is 15.4. The van der Waals surface area contributed by atoms with Crippen LogP contribution in [0.4, 0.5) is 11.4 Å². The third-order valence-electron chi connectivity index (χ3n) is 6.42. The van der Waals surface area contributed by atoms with Gasteiger partial charge in [0.1, 0.15) is 5.75 Å². The van der Waals surface area contributed by atoms with Crippen molar-refractivity contribution in [2.24, 2.45) is 0 Å². The number of fused-ring (bicyclic) bond motifs is 2. The van der Waals surface area contributed by atoms with Crippen LogP contribution in [0.3, 0.4) is 0 Å². The van der Waals surface area contributed by atoms with Gasteiger partial charge >= 0.3 is 0 Å². The molecular formula is C25H29N3O3S. The van der Waals surface area contributed by atoms with E-state index in [9.17, 15) is 8.42 Å². The topological polar surface area (TPSA) is 71.5 Å². The fraction of sp³-hybridized carbons (Fsp3) is 0.400. The molecule has 5 rings (SSSR count). The maximum absolute atomic E-state index is 12.9. The molecule has 1 fully saturated rings. The maximum Gasteiger partial charge on any atom is 0.240 e. The van der Waals surface area contributed by atoms with E-state index in [-0.39, 0.29) is 6.04 Å². The fourth-order valence-electron chi connectivity index (χ4n) is 4.92. The van der Waals surface area contributed by atoms with Gasteiger partial charge in [-0.2, -0.15) is 0 Å². The third kappa shape index (κ3) is 3.95. The normalized spacial score (nSPS) is 16.6. The van der Waals surface area contributed by atoms with Crippen molar-refractivity contribution >= 4 is 32.3 Å². The number of sulfonamides is 1. The van der Waals surface area contributed by atoms with Gasteiger partial charge in [0.25, 0.3) is 0 Å². The molecule has 168 valence electrons. The second-order valence-corrected chi connectivity index (χ2v) is 10.4. The summed E-state index contributed by atoms with van der Waals surface area (Å²) in [6.07, 6.45) is 4.84. The molecule has 2 aromatic carbocycles. The summed E-state index contributed by atoms with van der Waals surface area (Å²) >= 11 is 0. The van der Waals surface area contributed by atoms with E-state index in [1.54, 1.807) is 6.07 Å². The van der Waals surface area contributed by atoms with E-state index in [1.165, 1.54) is 0 Å². The standard InChI is InChI=1S/C25H29N3O3S/c1-3-31-20-8-10-23-22(16-20)25(14-17(2)26-23)28-13-12-18-15-21(9-11-24(18)28)32(29,30)27-19-6-4-5-7-19/h8-11,14-16,19,27H,3-7,12-13H2,1-2H3. The molecule has 2 aliphatic rings. The average molecular weight is 452 g/mol. The van der Waals surface area contributed by atoms with Gasteiger partial charge in [-0.1, -0.05) is 12.8 Å². The van der Waals surface area contributed by atoms with Crippen LogP contribution in [0.5, 0.6) is 5.75 Å². The Hall–Kier alpha value is -2.64. The molecule has 3 aromatic rings. The van der Waals surface area contributed by atoms with Crippen LogP contribution in [0.15, 0.2) is 47.4 Å². The van der Waals surface area contributed by atoms with Crippen molar-refractivity contribution in [3.05, 3.63) is 53.7 Å². The van der Waals surface area contributed by atoms with E-state index < -0.39 is 10.0 Å². The Morgan fingerprint density at radius 1 is 1.09 bits per heavy atom. The van der Waals surface area contributed by atoms with Crippen LogP contribution in [-0.2, 0) is 16.4 Å². The first kappa shape index (κ1) is 21.2. The minimum Gasteiger partial charge on any atom is -0.494 e. The van der Waals surface area contributed by atoms with Crippen LogP contribution in [-0.4, -0.2) is 32.6 Å². The molecule has 1 aliphatic carbocycles. The van der Waals surface area contributed by atoms with Gasteiger partial charge in [0.05, 0.1) is 22.7 Å². The molecule has 0 bridgehead atoms. The number of aryl methyl sites for hydroxylation is 1. The van der Waals surface area contributed by atoms with Gasteiger partial charge in [-0.3, -0.25) is 4.98 Å². The monoisotopic (exact) mass is 451 g/mol. The van der Waals surface area contributed by atoms with Crippen molar-refractivity contribution in [1.82, 2.24) is 9.71 Å². The maximum atomic E-state index is 12.9. The molecule has 1 N–H and O–H groups in total. The van der Waals surface area contributed by atoms with Crippen LogP contribution in [0.1, 0.15) is 43.9 Å². The number of aromatic nitrogens is 1. The lowest BCUT2D eigenvalue weighted by Crippen LogP contribution is -2.32.